The molecule has 0 spiro atoms. The molecule has 0 aliphatic carbocycles. The van der Waals surface area contributed by atoms with Crippen LogP contribution >= 0.6 is 10.8 Å². The molecule has 0 radical (unpaired) electrons. The van der Waals surface area contributed by atoms with Gasteiger partial charge in [-0.25, -0.2) is 9.29 Å². The lowest BCUT2D eigenvalue weighted by Crippen LogP contribution is -2.40. The Kier molecular flexibility index (Phi) is 7.13. The van der Waals surface area contributed by atoms with E-state index in [1.807, 2.05) is 0 Å². The first-order valence-electron chi connectivity index (χ1n) is 11.1. The van der Waals surface area contributed by atoms with Gasteiger partial charge >= 0.3 is 0 Å². The fourth-order valence-corrected chi connectivity index (χ4v) is 5.71. The van der Waals surface area contributed by atoms with Gasteiger partial charge in [0, 0.05) is 13.6 Å². The van der Waals surface area contributed by atoms with Gasteiger partial charge in [0.1, 0.15) is 6.10 Å². The normalized spacial score (nSPS) is 17.9. The number of nitrogens with zero attached hydrogens (tertiary/aromatic N) is 3. The molecule has 3 aromatic rings. The van der Waals surface area contributed by atoms with Crippen molar-refractivity contribution in [1.29, 1.82) is 0 Å². The van der Waals surface area contributed by atoms with Gasteiger partial charge in [0.25, 0.3) is 11.5 Å². The van der Waals surface area contributed by atoms with Crippen LogP contribution < -0.4 is 15.2 Å². The molecule has 1 saturated heterocycles. The smallest absolute Gasteiger partial charge is 0.297 e. The van der Waals surface area contributed by atoms with Crippen LogP contribution in [0.3, 0.4) is 0 Å². The molecule has 5 N–H and O–H groups in total. The van der Waals surface area contributed by atoms with Gasteiger partial charge in [-0.05, 0) is 24.0 Å². The first-order valence-corrected chi connectivity index (χ1v) is 12.8. The lowest BCUT2D eigenvalue weighted by atomic mass is 9.95. The predicted octanol–water partition coefficient (Wildman–Crippen LogP) is 2.96. The van der Waals surface area contributed by atoms with Crippen LogP contribution in [0, 0.1) is 0 Å². The topological polar surface area (TPSA) is 148 Å². The Bertz CT molecular complexity index is 1250. The molecule has 10 nitrogen and oxygen atoms in total. The Labute approximate surface area is 204 Å². The van der Waals surface area contributed by atoms with Crippen molar-refractivity contribution in [2.45, 2.75) is 25.0 Å². The molecule has 2 aromatic carbocycles. The first-order chi connectivity index (χ1) is 16.7. The minimum absolute atomic E-state index is 0.116. The molecule has 4 rings (SSSR count). The van der Waals surface area contributed by atoms with Gasteiger partial charge in [0.2, 0.25) is 11.7 Å². The molecule has 0 unspecified atom stereocenters. The maximum absolute atomic E-state index is 13.3. The van der Waals surface area contributed by atoms with Crippen LogP contribution in [-0.2, 0) is 7.05 Å². The number of carbonyl (C=O) groups is 1. The standard InChI is InChI=1S/C24H28N4O6S/c1-27-23(32)21(30)19(26-24(27)28-14-8-9-15-35(28,33)34)22(31)25-18(16-10-4-2-5-11-16)20(29)17-12-6-3-7-13-17/h2-7,10-13,18,20,29-30,33-34H,8-9,14-15H2,1H3,(H,25,31)/t18-,20+/m1/s1. The second-order valence-corrected chi connectivity index (χ2v) is 10.4. The molecule has 2 atom stereocenters. The highest BCUT2D eigenvalue weighted by atomic mass is 32.3. The number of nitrogens with one attached hydrogen (secondary N) is 1. The molecule has 1 aromatic heterocycles. The molecule has 1 amide bonds. The second-order valence-electron chi connectivity index (χ2n) is 8.34. The zero-order valence-electron chi connectivity index (χ0n) is 19.1. The van der Waals surface area contributed by atoms with Gasteiger partial charge in [0.05, 0.1) is 11.8 Å². The van der Waals surface area contributed by atoms with Gasteiger partial charge in [-0.3, -0.25) is 23.3 Å². The van der Waals surface area contributed by atoms with Gasteiger partial charge in [-0.2, -0.15) is 0 Å². The fraction of sp³-hybridized carbons (Fsp3) is 0.292. The summed E-state index contributed by atoms with van der Waals surface area (Å²) in [6.07, 6.45) is 0.117. The maximum atomic E-state index is 13.3. The van der Waals surface area contributed by atoms with Crippen LogP contribution in [0.2, 0.25) is 0 Å². The summed E-state index contributed by atoms with van der Waals surface area (Å²) < 4.78 is 23.2. The fourth-order valence-electron chi connectivity index (χ4n) is 4.06. The molecule has 0 saturated carbocycles. The number of aromatic hydroxyl groups is 1. The van der Waals surface area contributed by atoms with Crippen molar-refractivity contribution >= 4 is 22.6 Å². The number of aromatic nitrogens is 2. The molecule has 35 heavy (non-hydrogen) atoms. The highest BCUT2D eigenvalue weighted by molar-refractivity contribution is 8.25. The highest BCUT2D eigenvalue weighted by Crippen LogP contribution is 2.48. The number of aliphatic hydroxyl groups is 1. The maximum Gasteiger partial charge on any atom is 0.297 e. The van der Waals surface area contributed by atoms with E-state index >= 15 is 0 Å². The molecule has 1 fully saturated rings. The quantitative estimate of drug-likeness (QED) is 0.347. The number of anilines is 1. The van der Waals surface area contributed by atoms with E-state index in [0.29, 0.717) is 24.0 Å². The third kappa shape index (κ3) is 5.03. The third-order valence-corrected chi connectivity index (χ3v) is 7.85. The van der Waals surface area contributed by atoms with E-state index in [4.69, 9.17) is 0 Å². The average Bonchev–Trinajstić information content (AvgIpc) is 2.87. The van der Waals surface area contributed by atoms with Gasteiger partial charge in [-0.15, -0.1) is 10.8 Å². The Morgan fingerprint density at radius 1 is 1.03 bits per heavy atom. The summed E-state index contributed by atoms with van der Waals surface area (Å²) in [7, 11) is -1.89. The van der Waals surface area contributed by atoms with Gasteiger partial charge in [0.15, 0.2) is 5.69 Å². The van der Waals surface area contributed by atoms with Crippen molar-refractivity contribution in [3.63, 3.8) is 0 Å². The first kappa shape index (κ1) is 24.7. The number of amides is 1. The van der Waals surface area contributed by atoms with Crippen LogP contribution in [0.1, 0.15) is 46.6 Å². The van der Waals surface area contributed by atoms with E-state index < -0.39 is 45.8 Å². The van der Waals surface area contributed by atoms with Crippen molar-refractivity contribution in [2.24, 2.45) is 7.05 Å². The van der Waals surface area contributed by atoms with Crippen LogP contribution in [0.4, 0.5) is 5.95 Å². The molecular formula is C24H28N4O6S. The Morgan fingerprint density at radius 2 is 1.63 bits per heavy atom. The summed E-state index contributed by atoms with van der Waals surface area (Å²) in [5.41, 5.74) is -0.303. The SMILES string of the molecule is Cn1c(N2CCCCS2(O)O)nc(C(=O)N[C@H](c2ccccc2)[C@@H](O)c2ccccc2)c(O)c1=O. The second kappa shape index (κ2) is 10.1. The largest absolute Gasteiger partial charge is 0.501 e. The van der Waals surface area contributed by atoms with E-state index in [9.17, 15) is 28.9 Å². The lowest BCUT2D eigenvalue weighted by Gasteiger charge is -2.46. The van der Waals surface area contributed by atoms with Gasteiger partial charge in [-0.1, -0.05) is 60.7 Å². The van der Waals surface area contributed by atoms with Crippen LogP contribution in [-0.4, -0.2) is 47.1 Å². The molecule has 1 aliphatic rings. The number of hydrogen-bond donors (Lipinski definition) is 5. The molecule has 186 valence electrons. The number of hydrogen-bond acceptors (Lipinski definition) is 8. The van der Waals surface area contributed by atoms with Crippen LogP contribution in [0.5, 0.6) is 5.75 Å². The van der Waals surface area contributed by atoms with E-state index in [-0.39, 0.29) is 18.2 Å². The highest BCUT2D eigenvalue weighted by Gasteiger charge is 2.33. The van der Waals surface area contributed by atoms with Crippen molar-refractivity contribution in [3.05, 3.63) is 87.8 Å². The minimum atomic E-state index is -3.23. The van der Waals surface area contributed by atoms with E-state index in [2.05, 4.69) is 10.3 Å². The molecule has 0 bridgehead atoms. The van der Waals surface area contributed by atoms with E-state index in [0.717, 1.165) is 4.57 Å². The number of rotatable bonds is 6. The Balaban J connectivity index is 1.73. The Morgan fingerprint density at radius 3 is 2.23 bits per heavy atom. The summed E-state index contributed by atoms with van der Waals surface area (Å²) in [5, 5.41) is 24.3. The summed E-state index contributed by atoms with van der Waals surface area (Å²) in [5.74, 6) is -1.77. The van der Waals surface area contributed by atoms with Crippen molar-refractivity contribution < 1.29 is 24.1 Å². The summed E-state index contributed by atoms with van der Waals surface area (Å²) >= 11 is 0. The lowest BCUT2D eigenvalue weighted by molar-refractivity contribution is 0.0823. The molecule has 2 heterocycles. The molecular weight excluding hydrogens is 472 g/mol. The number of carbonyl (C=O) groups excluding carboxylic acids is 1. The van der Waals surface area contributed by atoms with Crippen molar-refractivity contribution in [1.82, 2.24) is 14.9 Å². The van der Waals surface area contributed by atoms with Crippen molar-refractivity contribution in [2.75, 3.05) is 16.6 Å². The van der Waals surface area contributed by atoms with Crippen molar-refractivity contribution in [3.8, 4) is 5.75 Å². The van der Waals surface area contributed by atoms with Crippen LogP contribution in [0.15, 0.2) is 65.5 Å². The summed E-state index contributed by atoms with van der Waals surface area (Å²) in [4.78, 5) is 30.2. The molecule has 11 heteroatoms. The number of benzene rings is 2. The van der Waals surface area contributed by atoms with E-state index in [1.165, 1.54) is 11.4 Å². The third-order valence-electron chi connectivity index (χ3n) is 5.97. The average molecular weight is 501 g/mol. The zero-order chi connectivity index (χ0) is 25.2. The van der Waals surface area contributed by atoms with E-state index in [1.54, 1.807) is 60.7 Å². The molecule has 1 aliphatic heterocycles. The monoisotopic (exact) mass is 500 g/mol. The summed E-state index contributed by atoms with van der Waals surface area (Å²) in [6.45, 7) is 0.230. The zero-order valence-corrected chi connectivity index (χ0v) is 19.9. The van der Waals surface area contributed by atoms with Crippen LogP contribution in [0.25, 0.3) is 0 Å². The Hall–Kier alpha value is -3.38. The predicted molar refractivity (Wildman–Crippen MR) is 133 cm³/mol. The number of aliphatic hydroxyl groups excluding tert-OH is 1. The minimum Gasteiger partial charge on any atom is -0.501 e. The van der Waals surface area contributed by atoms with Gasteiger partial charge < -0.3 is 15.5 Å². The summed E-state index contributed by atoms with van der Waals surface area (Å²) in [6, 6.07) is 16.7.